The van der Waals surface area contributed by atoms with Crippen molar-refractivity contribution in [2.75, 3.05) is 20.2 Å². The van der Waals surface area contributed by atoms with Crippen molar-refractivity contribution in [3.05, 3.63) is 47.6 Å². The van der Waals surface area contributed by atoms with Crippen molar-refractivity contribution in [3.63, 3.8) is 0 Å². The van der Waals surface area contributed by atoms with Crippen molar-refractivity contribution in [3.8, 4) is 0 Å². The maximum absolute atomic E-state index is 12.9. The van der Waals surface area contributed by atoms with Crippen molar-refractivity contribution in [2.45, 2.75) is 69.4 Å². The number of benzene rings is 1. The molecule has 1 unspecified atom stereocenters. The van der Waals surface area contributed by atoms with Crippen molar-refractivity contribution < 1.29 is 9.53 Å². The second-order valence-electron chi connectivity index (χ2n) is 10.5. The van der Waals surface area contributed by atoms with Gasteiger partial charge in [-0.3, -0.25) is 4.99 Å². The average molecular weight is 446 g/mol. The van der Waals surface area contributed by atoms with Gasteiger partial charge in [0.2, 0.25) is 0 Å². The van der Waals surface area contributed by atoms with E-state index >= 15 is 0 Å². The summed E-state index contributed by atoms with van der Waals surface area (Å²) in [5.74, 6) is 1.62. The number of rotatable bonds is 4. The first-order valence-corrected chi connectivity index (χ1v) is 12.9. The molecule has 5 heteroatoms. The summed E-state index contributed by atoms with van der Waals surface area (Å²) in [6.07, 6.45) is 16.1. The number of aliphatic imine (C=N–C) groups is 1. The van der Waals surface area contributed by atoms with Gasteiger partial charge >= 0.3 is 6.03 Å². The molecule has 0 radical (unpaired) electrons. The Labute approximate surface area is 197 Å². The van der Waals surface area contributed by atoms with Gasteiger partial charge in [-0.15, -0.1) is 0 Å². The van der Waals surface area contributed by atoms with Crippen molar-refractivity contribution >= 4 is 23.0 Å². The molecule has 0 spiro atoms. The fourth-order valence-corrected chi connectivity index (χ4v) is 6.38. The molecule has 2 amide bonds. The van der Waals surface area contributed by atoms with Gasteiger partial charge < -0.3 is 15.0 Å². The number of nitrogens with zero attached hydrogens (tertiary/aromatic N) is 2. The predicted octanol–water partition coefficient (Wildman–Crippen LogP) is 5.60. The van der Waals surface area contributed by atoms with Crippen molar-refractivity contribution in [2.24, 2.45) is 16.8 Å². The zero-order valence-electron chi connectivity index (χ0n) is 19.6. The molecule has 3 atom stereocenters. The third kappa shape index (κ3) is 4.05. The summed E-state index contributed by atoms with van der Waals surface area (Å²) in [7, 11) is 1.78. The van der Waals surface area contributed by atoms with E-state index in [2.05, 4.69) is 41.7 Å². The average Bonchev–Trinajstić information content (AvgIpc) is 3.63. The molecule has 1 N–H and O–H groups in total. The second kappa shape index (κ2) is 8.75. The molecule has 174 valence electrons. The fourth-order valence-electron chi connectivity index (χ4n) is 6.38. The van der Waals surface area contributed by atoms with Crippen LogP contribution < -0.4 is 5.32 Å². The largest absolute Gasteiger partial charge is 0.381 e. The number of ether oxygens (including phenoxy) is 1. The minimum Gasteiger partial charge on any atom is -0.381 e. The maximum atomic E-state index is 12.9. The quantitative estimate of drug-likeness (QED) is 0.656. The van der Waals surface area contributed by atoms with Crippen LogP contribution in [0.2, 0.25) is 0 Å². The Balaban J connectivity index is 1.09. The van der Waals surface area contributed by atoms with E-state index in [4.69, 9.17) is 9.73 Å². The molecule has 2 aliphatic heterocycles. The van der Waals surface area contributed by atoms with Crippen LogP contribution in [0.25, 0.3) is 5.57 Å². The van der Waals surface area contributed by atoms with Gasteiger partial charge in [-0.25, -0.2) is 4.79 Å². The number of carbonyl (C=O) groups excluding carboxylic acids is 1. The summed E-state index contributed by atoms with van der Waals surface area (Å²) >= 11 is 0. The minimum absolute atomic E-state index is 0.106. The Morgan fingerprint density at radius 2 is 1.97 bits per heavy atom. The number of methoxy groups -OCH3 is 1. The monoisotopic (exact) mass is 445 g/mol. The molecular formula is C28H35N3O2. The Morgan fingerprint density at radius 1 is 1.12 bits per heavy atom. The van der Waals surface area contributed by atoms with Crippen LogP contribution in [0.3, 0.4) is 0 Å². The number of allylic oxidation sites excluding steroid dienone is 4. The summed E-state index contributed by atoms with van der Waals surface area (Å²) in [6.45, 7) is 1.65. The first-order valence-electron chi connectivity index (χ1n) is 12.9. The number of fused-ring (bicyclic) bond motifs is 3. The number of carbonyl (C=O) groups is 1. The van der Waals surface area contributed by atoms with Gasteiger partial charge in [0.05, 0.1) is 17.5 Å². The molecule has 6 rings (SSSR count). The van der Waals surface area contributed by atoms with Gasteiger partial charge in [-0.2, -0.15) is 0 Å². The van der Waals surface area contributed by atoms with E-state index in [1.807, 2.05) is 4.90 Å². The highest BCUT2D eigenvalue weighted by molar-refractivity contribution is 6.31. The van der Waals surface area contributed by atoms with Crippen LogP contribution in [-0.4, -0.2) is 49.0 Å². The van der Waals surface area contributed by atoms with Crippen LogP contribution in [0.5, 0.6) is 0 Å². The third-order valence-corrected chi connectivity index (χ3v) is 8.40. The Kier molecular flexibility index (Phi) is 5.61. The molecule has 1 aromatic rings. The predicted molar refractivity (Wildman–Crippen MR) is 132 cm³/mol. The molecule has 5 nitrogen and oxygen atoms in total. The SMILES string of the molecule is CO[C@H]1CCC[C@H](NC(=O)N2CCC(C3C=CC=C4C3=Nc3cccc(C5CC5)c34)CC2)C1. The summed E-state index contributed by atoms with van der Waals surface area (Å²) in [6, 6.07) is 7.01. The second-order valence-corrected chi connectivity index (χ2v) is 10.5. The molecule has 33 heavy (non-hydrogen) atoms. The van der Waals surface area contributed by atoms with Gasteiger partial charge in [0, 0.05) is 43.3 Å². The lowest BCUT2D eigenvalue weighted by Crippen LogP contribution is -2.50. The van der Waals surface area contributed by atoms with E-state index in [-0.39, 0.29) is 18.2 Å². The highest BCUT2D eigenvalue weighted by atomic mass is 16.5. The van der Waals surface area contributed by atoms with Gasteiger partial charge in [0.25, 0.3) is 0 Å². The summed E-state index contributed by atoms with van der Waals surface area (Å²) in [5, 5.41) is 3.28. The number of hydrogen-bond donors (Lipinski definition) is 1. The van der Waals surface area contributed by atoms with Crippen LogP contribution in [0.1, 0.15) is 68.4 Å². The molecule has 1 aromatic carbocycles. The molecule has 2 heterocycles. The summed E-state index contributed by atoms with van der Waals surface area (Å²) in [4.78, 5) is 20.1. The molecule has 1 saturated heterocycles. The van der Waals surface area contributed by atoms with E-state index in [0.717, 1.165) is 63.2 Å². The summed E-state index contributed by atoms with van der Waals surface area (Å²) in [5.41, 5.74) is 6.66. The van der Waals surface area contributed by atoms with Crippen molar-refractivity contribution in [1.29, 1.82) is 0 Å². The van der Waals surface area contributed by atoms with Gasteiger partial charge in [-0.1, -0.05) is 30.4 Å². The smallest absolute Gasteiger partial charge is 0.317 e. The number of hydrogen-bond acceptors (Lipinski definition) is 3. The highest BCUT2D eigenvalue weighted by Crippen LogP contribution is 2.50. The van der Waals surface area contributed by atoms with Gasteiger partial charge in [-0.05, 0) is 74.8 Å². The lowest BCUT2D eigenvalue weighted by Gasteiger charge is -2.37. The number of nitrogens with one attached hydrogen (secondary N) is 1. The topological polar surface area (TPSA) is 53.9 Å². The zero-order valence-corrected chi connectivity index (χ0v) is 19.6. The standard InChI is InChI=1S/C28H35N3O2/c1-33-21-6-2-5-20(17-21)29-28(32)31-15-13-19(14-16-31)23-8-3-9-24-26-22(18-11-12-18)7-4-10-25(26)30-27(23)24/h3-4,7-10,18-21,23H,2,5-6,11-17H2,1H3,(H,29,32)/t20-,21-,23?/m0/s1. The van der Waals surface area contributed by atoms with E-state index in [1.165, 1.54) is 35.3 Å². The molecule has 2 saturated carbocycles. The van der Waals surface area contributed by atoms with E-state index in [1.54, 1.807) is 7.11 Å². The Hall–Kier alpha value is -2.40. The van der Waals surface area contributed by atoms with Crippen LogP contribution in [-0.2, 0) is 4.74 Å². The van der Waals surface area contributed by atoms with Crippen LogP contribution in [0.4, 0.5) is 10.5 Å². The molecule has 5 aliphatic rings. The lowest BCUT2D eigenvalue weighted by atomic mass is 9.76. The van der Waals surface area contributed by atoms with Gasteiger partial charge in [0.1, 0.15) is 0 Å². The third-order valence-electron chi connectivity index (χ3n) is 8.40. The Morgan fingerprint density at radius 3 is 2.76 bits per heavy atom. The van der Waals surface area contributed by atoms with Gasteiger partial charge in [0.15, 0.2) is 0 Å². The normalized spacial score (nSPS) is 29.2. The molecular weight excluding hydrogens is 410 g/mol. The highest BCUT2D eigenvalue weighted by Gasteiger charge is 2.38. The maximum Gasteiger partial charge on any atom is 0.317 e. The minimum atomic E-state index is 0.106. The number of urea groups is 1. The molecule has 3 fully saturated rings. The number of likely N-dealkylation sites (tertiary alicyclic amines) is 1. The number of piperidine rings is 1. The molecule has 0 aromatic heterocycles. The number of amides is 2. The van der Waals surface area contributed by atoms with Crippen molar-refractivity contribution in [1.82, 2.24) is 10.2 Å². The molecule has 3 aliphatic carbocycles. The lowest BCUT2D eigenvalue weighted by molar-refractivity contribution is 0.0588. The van der Waals surface area contributed by atoms with Crippen LogP contribution in [0, 0.1) is 11.8 Å². The Bertz CT molecular complexity index is 1010. The van der Waals surface area contributed by atoms with Crippen LogP contribution in [0.15, 0.2) is 41.4 Å². The zero-order chi connectivity index (χ0) is 22.4. The van der Waals surface area contributed by atoms with E-state index in [9.17, 15) is 4.79 Å². The first-order chi connectivity index (χ1) is 16.2. The van der Waals surface area contributed by atoms with Crippen LogP contribution >= 0.6 is 0 Å². The van der Waals surface area contributed by atoms with E-state index < -0.39 is 0 Å². The first kappa shape index (κ1) is 21.2. The van der Waals surface area contributed by atoms with E-state index in [0.29, 0.717) is 11.8 Å². The summed E-state index contributed by atoms with van der Waals surface area (Å²) < 4.78 is 5.52. The fraction of sp³-hybridized carbons (Fsp3) is 0.571. The molecule has 0 bridgehead atoms.